The summed E-state index contributed by atoms with van der Waals surface area (Å²) < 4.78 is 6.79. The summed E-state index contributed by atoms with van der Waals surface area (Å²) in [6, 6.07) is -1.54. The van der Waals surface area contributed by atoms with Crippen LogP contribution in [-0.2, 0) is 19.1 Å². The Morgan fingerprint density at radius 1 is 1.15 bits per heavy atom. The van der Waals surface area contributed by atoms with Crippen LogP contribution in [0.2, 0.25) is 0 Å². The number of carbonyl (C=O) groups is 3. The molecular weight excluding hydrogens is 494 g/mol. The fraction of sp³-hybridized carbons (Fsp3) is 0.774. The molecule has 2 unspecified atom stereocenters. The Morgan fingerprint density at radius 3 is 2.28 bits per heavy atom. The van der Waals surface area contributed by atoms with Crippen molar-refractivity contribution in [3.05, 3.63) is 25.3 Å². The summed E-state index contributed by atoms with van der Waals surface area (Å²) in [6.07, 6.45) is 6.02. The van der Waals surface area contributed by atoms with Gasteiger partial charge in [-0.05, 0) is 58.8 Å². The highest BCUT2D eigenvalue weighted by atomic mass is 16.5. The van der Waals surface area contributed by atoms with Gasteiger partial charge in [-0.3, -0.25) is 14.4 Å². The van der Waals surface area contributed by atoms with Crippen LogP contribution >= 0.6 is 0 Å². The van der Waals surface area contributed by atoms with Crippen molar-refractivity contribution in [2.24, 2.45) is 17.3 Å². The predicted molar refractivity (Wildman–Crippen MR) is 153 cm³/mol. The van der Waals surface area contributed by atoms with Gasteiger partial charge in [-0.15, -0.1) is 13.2 Å². The fourth-order valence-electron chi connectivity index (χ4n) is 7.80. The summed E-state index contributed by atoms with van der Waals surface area (Å²) in [5, 5.41) is 10.2. The van der Waals surface area contributed by atoms with Crippen LogP contribution < -0.4 is 0 Å². The number of ether oxygens (including phenoxy) is 1. The highest BCUT2D eigenvalue weighted by Gasteiger charge is 2.78. The maximum atomic E-state index is 14.7. The number of hydrogen-bond acceptors (Lipinski definition) is 5. The van der Waals surface area contributed by atoms with Crippen LogP contribution in [-0.4, -0.2) is 92.6 Å². The summed E-state index contributed by atoms with van der Waals surface area (Å²) in [7, 11) is 0. The smallest absolute Gasteiger partial charge is 0.249 e. The summed E-state index contributed by atoms with van der Waals surface area (Å²) >= 11 is 0. The van der Waals surface area contributed by atoms with E-state index in [0.717, 1.165) is 12.8 Å². The first-order valence-electron chi connectivity index (χ1n) is 14.5. The average Bonchev–Trinajstić information content (AvgIpc) is 3.40. The molecule has 1 spiro atoms. The summed E-state index contributed by atoms with van der Waals surface area (Å²) in [5.74, 6) is -2.10. The summed E-state index contributed by atoms with van der Waals surface area (Å²) in [4.78, 5) is 48.1. The molecule has 1 N–H and O–H groups in total. The maximum Gasteiger partial charge on any atom is 0.249 e. The molecule has 39 heavy (non-hydrogen) atoms. The molecule has 0 aromatic heterocycles. The molecular formula is C31H51N3O5. The average molecular weight is 546 g/mol. The summed E-state index contributed by atoms with van der Waals surface area (Å²) in [5.41, 5.74) is -2.56. The molecule has 3 aliphatic heterocycles. The first-order chi connectivity index (χ1) is 18.0. The van der Waals surface area contributed by atoms with Crippen molar-refractivity contribution >= 4 is 17.7 Å². The molecule has 8 nitrogen and oxygen atoms in total. The van der Waals surface area contributed by atoms with Crippen LogP contribution in [0.1, 0.15) is 81.1 Å². The second-order valence-corrected chi connectivity index (χ2v) is 13.9. The minimum Gasteiger partial charge on any atom is -0.394 e. The number of likely N-dealkylation sites (tertiary alicyclic amines) is 1. The number of fused-ring (bicyclic) bond motifs is 1. The first kappa shape index (κ1) is 31.3. The van der Waals surface area contributed by atoms with Crippen molar-refractivity contribution in [3.8, 4) is 0 Å². The van der Waals surface area contributed by atoms with Crippen molar-refractivity contribution in [1.82, 2.24) is 14.7 Å². The molecule has 6 atom stereocenters. The largest absolute Gasteiger partial charge is 0.394 e. The number of nitrogens with zero attached hydrogens (tertiary/aromatic N) is 3. The van der Waals surface area contributed by atoms with E-state index < -0.39 is 40.7 Å². The van der Waals surface area contributed by atoms with Gasteiger partial charge < -0.3 is 24.5 Å². The van der Waals surface area contributed by atoms with E-state index in [1.54, 1.807) is 24.0 Å². The number of carbonyl (C=O) groups excluding carboxylic acids is 3. The SMILES string of the molecule is C=CCN(CCC)C(=O)[C@H]1[C@H]2C(=O)N([C@H](C)CO)C(C(=O)N(CC=C)C(C)(C)CC(C)(C)C)C23CC[C@]1(C)O3. The van der Waals surface area contributed by atoms with Gasteiger partial charge in [0.2, 0.25) is 17.7 Å². The lowest BCUT2D eigenvalue weighted by Gasteiger charge is -2.46. The Hall–Kier alpha value is -2.19. The maximum absolute atomic E-state index is 14.7. The van der Waals surface area contributed by atoms with Gasteiger partial charge in [0.15, 0.2) is 0 Å². The lowest BCUT2D eigenvalue weighted by Crippen LogP contribution is -2.62. The highest BCUT2D eigenvalue weighted by molar-refractivity contribution is 5.99. The molecule has 3 amide bonds. The molecule has 8 heteroatoms. The minimum atomic E-state index is -1.13. The van der Waals surface area contributed by atoms with Crippen molar-refractivity contribution in [1.29, 1.82) is 0 Å². The van der Waals surface area contributed by atoms with Crippen molar-refractivity contribution in [3.63, 3.8) is 0 Å². The van der Waals surface area contributed by atoms with E-state index in [9.17, 15) is 19.5 Å². The Bertz CT molecular complexity index is 987. The topological polar surface area (TPSA) is 90.4 Å². The van der Waals surface area contributed by atoms with Gasteiger partial charge >= 0.3 is 0 Å². The van der Waals surface area contributed by atoms with Gasteiger partial charge in [-0.1, -0.05) is 39.8 Å². The standard InChI is InChI=1S/C31H51N3O5/c1-11-16-32(17-12-2)25(36)22-23-26(37)34(21(4)19-35)24(31(23)15-14-30(22,10)39-31)27(38)33(18-13-3)29(8,9)20-28(5,6)7/h11,13,21-24,35H,1,3,12,14-20H2,2,4-10H3/t21-,22-,23+,24?,30+,31?/m1/s1. The lowest BCUT2D eigenvalue weighted by atomic mass is 9.66. The van der Waals surface area contributed by atoms with E-state index in [1.807, 2.05) is 32.6 Å². The Balaban J connectivity index is 2.14. The van der Waals surface area contributed by atoms with Crippen LogP contribution in [0.25, 0.3) is 0 Å². The van der Waals surface area contributed by atoms with Crippen LogP contribution in [0.4, 0.5) is 0 Å². The van der Waals surface area contributed by atoms with Gasteiger partial charge in [0.05, 0.1) is 30.1 Å². The first-order valence-corrected chi connectivity index (χ1v) is 14.5. The zero-order valence-corrected chi connectivity index (χ0v) is 25.5. The molecule has 3 fully saturated rings. The zero-order chi connectivity index (χ0) is 29.6. The van der Waals surface area contributed by atoms with Crippen molar-refractivity contribution in [2.75, 3.05) is 26.2 Å². The van der Waals surface area contributed by atoms with Gasteiger partial charge in [0, 0.05) is 25.2 Å². The second kappa shape index (κ2) is 11.0. The quantitative estimate of drug-likeness (QED) is 0.377. The number of rotatable bonds is 12. The third kappa shape index (κ3) is 5.31. The van der Waals surface area contributed by atoms with E-state index >= 15 is 0 Å². The molecule has 3 saturated heterocycles. The third-order valence-electron chi connectivity index (χ3n) is 8.88. The highest BCUT2D eigenvalue weighted by Crippen LogP contribution is 2.64. The van der Waals surface area contributed by atoms with E-state index in [-0.39, 0.29) is 29.7 Å². The van der Waals surface area contributed by atoms with Gasteiger partial charge in [0.25, 0.3) is 0 Å². The molecule has 0 radical (unpaired) electrons. The molecule has 220 valence electrons. The molecule has 3 rings (SSSR count). The number of amides is 3. The Labute approximate surface area is 235 Å². The van der Waals surface area contributed by atoms with Gasteiger partial charge in [-0.25, -0.2) is 0 Å². The fourth-order valence-corrected chi connectivity index (χ4v) is 7.80. The molecule has 0 aromatic rings. The Morgan fingerprint density at radius 2 is 1.77 bits per heavy atom. The van der Waals surface area contributed by atoms with Gasteiger partial charge in [-0.2, -0.15) is 0 Å². The molecule has 0 aromatic carbocycles. The van der Waals surface area contributed by atoms with Crippen LogP contribution in [0, 0.1) is 17.3 Å². The zero-order valence-electron chi connectivity index (χ0n) is 25.5. The lowest BCUT2D eigenvalue weighted by molar-refractivity contribution is -0.159. The third-order valence-corrected chi connectivity index (χ3v) is 8.88. The summed E-state index contributed by atoms with van der Waals surface area (Å²) in [6.45, 7) is 24.9. The van der Waals surface area contributed by atoms with Crippen LogP contribution in [0.15, 0.2) is 25.3 Å². The molecule has 0 aliphatic carbocycles. The van der Waals surface area contributed by atoms with E-state index in [1.165, 1.54) is 4.90 Å². The van der Waals surface area contributed by atoms with E-state index in [0.29, 0.717) is 32.5 Å². The monoisotopic (exact) mass is 545 g/mol. The number of hydrogen-bond donors (Lipinski definition) is 1. The van der Waals surface area contributed by atoms with E-state index in [2.05, 4.69) is 33.9 Å². The second-order valence-electron chi connectivity index (χ2n) is 13.9. The molecule has 2 bridgehead atoms. The van der Waals surface area contributed by atoms with Crippen LogP contribution in [0.5, 0.6) is 0 Å². The Kier molecular flexibility index (Phi) is 8.84. The predicted octanol–water partition coefficient (Wildman–Crippen LogP) is 3.79. The van der Waals surface area contributed by atoms with E-state index in [4.69, 9.17) is 4.74 Å². The number of aliphatic hydroxyl groups is 1. The van der Waals surface area contributed by atoms with Crippen molar-refractivity contribution < 1.29 is 24.2 Å². The molecule has 0 saturated carbocycles. The molecule has 3 aliphatic rings. The minimum absolute atomic E-state index is 0.0468. The number of aliphatic hydroxyl groups excluding tert-OH is 1. The van der Waals surface area contributed by atoms with Crippen molar-refractivity contribution in [2.45, 2.75) is 110 Å². The molecule has 3 heterocycles. The van der Waals surface area contributed by atoms with Gasteiger partial charge in [0.1, 0.15) is 11.6 Å². The van der Waals surface area contributed by atoms with Crippen LogP contribution in [0.3, 0.4) is 0 Å². The normalized spacial score (nSPS) is 30.7.